The number of aromatic nitrogens is 2. The maximum Gasteiger partial charge on any atom is 0.320 e. The molecule has 1 atom stereocenters. The number of unbranched alkanes of at least 4 members (excludes halogenated alkanes) is 1. The minimum Gasteiger partial charge on any atom is -0.463 e. The average molecular weight is 364 g/mol. The van der Waals surface area contributed by atoms with Crippen molar-refractivity contribution in [1.29, 1.82) is 0 Å². The summed E-state index contributed by atoms with van der Waals surface area (Å²) in [5.41, 5.74) is 8.57. The van der Waals surface area contributed by atoms with Gasteiger partial charge in [-0.05, 0) is 17.5 Å². The molecule has 3 rings (SSSR count). The van der Waals surface area contributed by atoms with Crippen molar-refractivity contribution in [2.45, 2.75) is 38.5 Å². The molecule has 0 saturated carbocycles. The molecular formula is C17H22ClN5O2. The summed E-state index contributed by atoms with van der Waals surface area (Å²) in [6.07, 6.45) is 1.01. The summed E-state index contributed by atoms with van der Waals surface area (Å²) >= 11 is 5.82. The second-order valence-electron chi connectivity index (χ2n) is 5.89. The van der Waals surface area contributed by atoms with Crippen molar-refractivity contribution in [3.63, 3.8) is 0 Å². The number of aliphatic hydroxyl groups is 1. The summed E-state index contributed by atoms with van der Waals surface area (Å²) in [5.74, 6) is 1.27. The number of nitrogens with one attached hydrogen (secondary N) is 1. The fourth-order valence-corrected chi connectivity index (χ4v) is 2.76. The summed E-state index contributed by atoms with van der Waals surface area (Å²) in [5, 5.41) is 13.2. The largest absolute Gasteiger partial charge is 0.463 e. The Kier molecular flexibility index (Phi) is 5.45. The average Bonchev–Trinajstić information content (AvgIpc) is 2.93. The van der Waals surface area contributed by atoms with Crippen LogP contribution in [0, 0.1) is 0 Å². The Morgan fingerprint density at radius 1 is 1.28 bits per heavy atom. The molecular weight excluding hydrogens is 342 g/mol. The lowest BCUT2D eigenvalue weighted by molar-refractivity contribution is 0.201. The number of aliphatic hydroxyl groups excluding tert-OH is 1. The van der Waals surface area contributed by atoms with Crippen LogP contribution in [0.3, 0.4) is 0 Å². The summed E-state index contributed by atoms with van der Waals surface area (Å²) in [7, 11) is 0. The predicted octanol–water partition coefficient (Wildman–Crippen LogP) is 2.68. The van der Waals surface area contributed by atoms with Crippen LogP contribution in [-0.4, -0.2) is 28.0 Å². The number of nitrogen functional groups attached to an aromatic ring is 1. The smallest absolute Gasteiger partial charge is 0.320 e. The van der Waals surface area contributed by atoms with Crippen LogP contribution in [0.25, 0.3) is 0 Å². The van der Waals surface area contributed by atoms with Gasteiger partial charge in [-0.1, -0.05) is 37.6 Å². The number of ether oxygens (including phenoxy) is 1. The maximum absolute atomic E-state index is 10.3. The second kappa shape index (κ2) is 7.76. The lowest BCUT2D eigenvalue weighted by Gasteiger charge is -2.21. The van der Waals surface area contributed by atoms with Crippen LogP contribution in [0.5, 0.6) is 6.01 Å². The van der Waals surface area contributed by atoms with Gasteiger partial charge in [0.1, 0.15) is 5.69 Å². The molecule has 2 aromatic rings. The number of halogens is 1. The normalized spacial score (nSPS) is 15.8. The van der Waals surface area contributed by atoms with Crippen LogP contribution in [0.15, 0.2) is 24.3 Å². The summed E-state index contributed by atoms with van der Waals surface area (Å²) in [6.45, 7) is 3.08. The molecule has 1 unspecified atom stereocenters. The number of benzene rings is 1. The van der Waals surface area contributed by atoms with Gasteiger partial charge in [-0.3, -0.25) is 0 Å². The number of nitrogens with zero attached hydrogens (tertiary/aromatic N) is 3. The summed E-state index contributed by atoms with van der Waals surface area (Å²) in [4.78, 5) is 10.3. The van der Waals surface area contributed by atoms with Gasteiger partial charge in [0.25, 0.3) is 0 Å². The Morgan fingerprint density at radius 2 is 2.00 bits per heavy atom. The van der Waals surface area contributed by atoms with Gasteiger partial charge in [-0.25, -0.2) is 0 Å². The van der Waals surface area contributed by atoms with Gasteiger partial charge in [0.05, 0.1) is 6.61 Å². The second-order valence-corrected chi connectivity index (χ2v) is 6.16. The van der Waals surface area contributed by atoms with Crippen molar-refractivity contribution in [3.8, 4) is 6.01 Å². The SMILES string of the molecule is CCCCOc1nc(N)c2c(n1)N(Cc1ccc(CCl)cc1)C(O)N2. The Labute approximate surface area is 151 Å². The molecule has 1 aromatic carbocycles. The Morgan fingerprint density at radius 3 is 2.68 bits per heavy atom. The highest BCUT2D eigenvalue weighted by molar-refractivity contribution is 6.17. The molecule has 25 heavy (non-hydrogen) atoms. The molecule has 0 amide bonds. The number of nitrogens with two attached hydrogens (primary N) is 1. The van der Waals surface area contributed by atoms with E-state index in [1.165, 1.54) is 0 Å². The highest BCUT2D eigenvalue weighted by Crippen LogP contribution is 2.37. The molecule has 1 aliphatic heterocycles. The standard InChI is InChI=1S/C17H22ClN5O2/c1-2-3-8-25-16-21-14(19)13-15(22-16)23(17(24)20-13)10-12-6-4-11(9-18)5-7-12/h4-7,17,20,24H,2-3,8-10H2,1H3,(H2,19,21,22). The topological polar surface area (TPSA) is 96.5 Å². The number of rotatable bonds is 7. The molecule has 0 fully saturated rings. The Bertz CT molecular complexity index is 726. The molecule has 1 aromatic heterocycles. The van der Waals surface area contributed by atoms with Gasteiger partial charge in [0.2, 0.25) is 6.35 Å². The number of hydrogen-bond donors (Lipinski definition) is 3. The van der Waals surface area contributed by atoms with E-state index in [2.05, 4.69) is 22.2 Å². The van der Waals surface area contributed by atoms with Gasteiger partial charge < -0.3 is 25.8 Å². The highest BCUT2D eigenvalue weighted by Gasteiger charge is 2.32. The van der Waals surface area contributed by atoms with Crippen molar-refractivity contribution in [1.82, 2.24) is 9.97 Å². The van der Waals surface area contributed by atoms with E-state index in [1.54, 1.807) is 4.90 Å². The fraction of sp³-hybridized carbons (Fsp3) is 0.412. The van der Waals surface area contributed by atoms with E-state index >= 15 is 0 Å². The maximum atomic E-state index is 10.3. The van der Waals surface area contributed by atoms with Crippen LogP contribution in [0.2, 0.25) is 0 Å². The Balaban J connectivity index is 1.82. The van der Waals surface area contributed by atoms with Crippen molar-refractivity contribution in [3.05, 3.63) is 35.4 Å². The van der Waals surface area contributed by atoms with Gasteiger partial charge in [0, 0.05) is 12.4 Å². The highest BCUT2D eigenvalue weighted by atomic mass is 35.5. The zero-order valence-corrected chi connectivity index (χ0v) is 14.8. The zero-order valence-electron chi connectivity index (χ0n) is 14.1. The summed E-state index contributed by atoms with van der Waals surface area (Å²) < 4.78 is 5.56. The molecule has 0 spiro atoms. The molecule has 7 nitrogen and oxygen atoms in total. The van der Waals surface area contributed by atoms with E-state index < -0.39 is 6.35 Å². The predicted molar refractivity (Wildman–Crippen MR) is 98.7 cm³/mol. The van der Waals surface area contributed by atoms with E-state index in [9.17, 15) is 5.11 Å². The van der Waals surface area contributed by atoms with Gasteiger partial charge in [-0.2, -0.15) is 9.97 Å². The monoisotopic (exact) mass is 363 g/mol. The van der Waals surface area contributed by atoms with Crippen LogP contribution in [-0.2, 0) is 12.4 Å². The van der Waals surface area contributed by atoms with E-state index in [-0.39, 0.29) is 11.8 Å². The minimum absolute atomic E-state index is 0.225. The Hall–Kier alpha value is -2.25. The minimum atomic E-state index is -0.926. The first-order valence-electron chi connectivity index (χ1n) is 8.27. The van der Waals surface area contributed by atoms with E-state index in [1.807, 2.05) is 24.3 Å². The van der Waals surface area contributed by atoms with Gasteiger partial charge in [0.15, 0.2) is 11.6 Å². The van der Waals surface area contributed by atoms with E-state index in [0.717, 1.165) is 24.0 Å². The van der Waals surface area contributed by atoms with Crippen LogP contribution < -0.4 is 20.7 Å². The molecule has 8 heteroatoms. The first kappa shape index (κ1) is 17.6. The number of hydrogen-bond acceptors (Lipinski definition) is 7. The third-order valence-electron chi connectivity index (χ3n) is 4.00. The fourth-order valence-electron chi connectivity index (χ4n) is 2.58. The number of fused-ring (bicyclic) bond motifs is 1. The van der Waals surface area contributed by atoms with Crippen molar-refractivity contribution < 1.29 is 9.84 Å². The lowest BCUT2D eigenvalue weighted by Crippen LogP contribution is -2.35. The quantitative estimate of drug-likeness (QED) is 0.514. The molecule has 134 valence electrons. The van der Waals surface area contributed by atoms with Crippen LogP contribution in [0.4, 0.5) is 17.3 Å². The molecule has 4 N–H and O–H groups in total. The van der Waals surface area contributed by atoms with Crippen molar-refractivity contribution in [2.75, 3.05) is 22.6 Å². The molecule has 0 radical (unpaired) electrons. The molecule has 1 aliphatic rings. The third kappa shape index (κ3) is 3.88. The van der Waals surface area contributed by atoms with Crippen molar-refractivity contribution in [2.24, 2.45) is 0 Å². The van der Waals surface area contributed by atoms with E-state index in [4.69, 9.17) is 22.1 Å². The first-order valence-corrected chi connectivity index (χ1v) is 8.81. The zero-order chi connectivity index (χ0) is 17.8. The molecule has 2 heterocycles. The number of anilines is 3. The van der Waals surface area contributed by atoms with E-state index in [0.29, 0.717) is 30.5 Å². The molecule has 0 bridgehead atoms. The van der Waals surface area contributed by atoms with Gasteiger partial charge in [-0.15, -0.1) is 11.6 Å². The van der Waals surface area contributed by atoms with Crippen LogP contribution in [0.1, 0.15) is 30.9 Å². The van der Waals surface area contributed by atoms with Gasteiger partial charge >= 0.3 is 6.01 Å². The first-order chi connectivity index (χ1) is 12.1. The van der Waals surface area contributed by atoms with Crippen molar-refractivity contribution >= 4 is 28.9 Å². The summed E-state index contributed by atoms with van der Waals surface area (Å²) in [6, 6.07) is 8.11. The third-order valence-corrected chi connectivity index (χ3v) is 4.31. The lowest BCUT2D eigenvalue weighted by atomic mass is 10.1. The van der Waals surface area contributed by atoms with Crippen LogP contribution >= 0.6 is 11.6 Å². The molecule has 0 saturated heterocycles. The molecule has 0 aliphatic carbocycles. The number of alkyl halides is 1.